The summed E-state index contributed by atoms with van der Waals surface area (Å²) in [5.74, 6) is 0.425. The number of nitrogens with one attached hydrogen (secondary N) is 1. The van der Waals surface area contributed by atoms with Crippen molar-refractivity contribution >= 4 is 29.0 Å². The number of nitrogens with zero attached hydrogens (tertiary/aromatic N) is 3. The Hall–Kier alpha value is -4.17. The number of esters is 1. The lowest BCUT2D eigenvalue weighted by Gasteiger charge is -2.29. The van der Waals surface area contributed by atoms with Gasteiger partial charge in [-0.2, -0.15) is 0 Å². The van der Waals surface area contributed by atoms with Crippen molar-refractivity contribution in [2.75, 3.05) is 12.0 Å². The van der Waals surface area contributed by atoms with Crippen LogP contribution in [0.4, 0.5) is 5.69 Å². The molecule has 2 aromatic carbocycles. The number of methoxy groups -OCH3 is 1. The van der Waals surface area contributed by atoms with Gasteiger partial charge in [-0.05, 0) is 92.8 Å². The standard InChI is InChI=1S/C29H28N4O3S/c1-19(2)36-23-14-12-21(13-15-23)33-27(26(31-29(33)37)24-10-4-5-16-30-24)25-11-7-17-32(25)22-9-6-8-20(18-22)28(34)35-3/h4-19,26-27H,1-3H3,(H,31,37)/t26-,27-/m0/s1. The van der Waals surface area contributed by atoms with Gasteiger partial charge >= 0.3 is 5.97 Å². The summed E-state index contributed by atoms with van der Waals surface area (Å²) in [6.07, 6.45) is 3.86. The van der Waals surface area contributed by atoms with Crippen LogP contribution in [-0.2, 0) is 4.74 Å². The van der Waals surface area contributed by atoms with Crippen molar-refractivity contribution in [2.45, 2.75) is 32.0 Å². The molecule has 188 valence electrons. The average molecular weight is 513 g/mol. The van der Waals surface area contributed by atoms with Crippen molar-refractivity contribution in [1.82, 2.24) is 14.9 Å². The maximum Gasteiger partial charge on any atom is 0.337 e. The number of rotatable bonds is 7. The molecule has 0 amide bonds. The van der Waals surface area contributed by atoms with Crippen molar-refractivity contribution in [1.29, 1.82) is 0 Å². The Balaban J connectivity index is 1.60. The van der Waals surface area contributed by atoms with E-state index in [1.807, 2.05) is 86.8 Å². The summed E-state index contributed by atoms with van der Waals surface area (Å²) < 4.78 is 12.9. The average Bonchev–Trinajstić information content (AvgIpc) is 3.53. The second-order valence-electron chi connectivity index (χ2n) is 9.00. The quantitative estimate of drug-likeness (QED) is 0.254. The Morgan fingerprint density at radius 2 is 1.81 bits per heavy atom. The first-order chi connectivity index (χ1) is 18.0. The zero-order valence-electron chi connectivity index (χ0n) is 20.9. The van der Waals surface area contributed by atoms with E-state index in [0.29, 0.717) is 10.7 Å². The Kier molecular flexibility index (Phi) is 6.92. The van der Waals surface area contributed by atoms with Crippen LogP contribution < -0.4 is 15.0 Å². The highest BCUT2D eigenvalue weighted by atomic mass is 32.1. The molecule has 0 bridgehead atoms. The molecule has 7 nitrogen and oxygen atoms in total. The number of ether oxygens (including phenoxy) is 2. The van der Waals surface area contributed by atoms with E-state index in [0.717, 1.165) is 28.5 Å². The topological polar surface area (TPSA) is 68.6 Å². The second-order valence-corrected chi connectivity index (χ2v) is 9.39. The lowest BCUT2D eigenvalue weighted by atomic mass is 10.0. The molecule has 1 N–H and O–H groups in total. The number of anilines is 1. The molecular formula is C29H28N4O3S. The van der Waals surface area contributed by atoms with Gasteiger partial charge in [0.1, 0.15) is 11.8 Å². The van der Waals surface area contributed by atoms with Crippen molar-refractivity contribution < 1.29 is 14.3 Å². The summed E-state index contributed by atoms with van der Waals surface area (Å²) in [6.45, 7) is 4.01. The number of hydrogen-bond acceptors (Lipinski definition) is 5. The molecule has 2 aromatic heterocycles. The molecule has 1 saturated heterocycles. The van der Waals surface area contributed by atoms with Crippen molar-refractivity contribution in [3.05, 3.63) is 108 Å². The van der Waals surface area contributed by atoms with Gasteiger partial charge in [0.15, 0.2) is 5.11 Å². The van der Waals surface area contributed by atoms with Crippen LogP contribution in [0, 0.1) is 0 Å². The Morgan fingerprint density at radius 1 is 1.00 bits per heavy atom. The van der Waals surface area contributed by atoms with Gasteiger partial charge in [0.2, 0.25) is 0 Å². The Labute approximate surface area is 221 Å². The van der Waals surface area contributed by atoms with Crippen molar-refractivity contribution in [3.8, 4) is 11.4 Å². The Bertz CT molecular complexity index is 1400. The molecular weight excluding hydrogens is 484 g/mol. The fourth-order valence-electron chi connectivity index (χ4n) is 4.66. The fraction of sp³-hybridized carbons (Fsp3) is 0.207. The third kappa shape index (κ3) is 4.93. The van der Waals surface area contributed by atoms with E-state index < -0.39 is 0 Å². The molecule has 0 spiro atoms. The minimum atomic E-state index is -0.379. The van der Waals surface area contributed by atoms with Gasteiger partial charge in [0, 0.05) is 29.5 Å². The molecule has 3 heterocycles. The van der Waals surface area contributed by atoms with Gasteiger partial charge in [-0.25, -0.2) is 4.79 Å². The van der Waals surface area contributed by atoms with Crippen LogP contribution in [-0.4, -0.2) is 33.8 Å². The van der Waals surface area contributed by atoms with Crippen LogP contribution in [0.3, 0.4) is 0 Å². The normalized spacial score (nSPS) is 17.1. The second kappa shape index (κ2) is 10.4. The van der Waals surface area contributed by atoms with Crippen LogP contribution in [0.1, 0.15) is 47.7 Å². The molecule has 1 aliphatic heterocycles. The molecule has 2 atom stereocenters. The minimum absolute atomic E-state index is 0.0886. The predicted molar refractivity (Wildman–Crippen MR) is 147 cm³/mol. The largest absolute Gasteiger partial charge is 0.491 e. The summed E-state index contributed by atoms with van der Waals surface area (Å²) in [4.78, 5) is 19.0. The van der Waals surface area contributed by atoms with Gasteiger partial charge < -0.3 is 24.3 Å². The number of hydrogen-bond donors (Lipinski definition) is 1. The summed E-state index contributed by atoms with van der Waals surface area (Å²) in [5, 5.41) is 4.10. The molecule has 0 saturated carbocycles. The third-order valence-electron chi connectivity index (χ3n) is 6.21. The molecule has 1 aliphatic rings. The van der Waals surface area contributed by atoms with Gasteiger partial charge in [0.05, 0.1) is 30.5 Å². The van der Waals surface area contributed by atoms with Crippen molar-refractivity contribution in [2.24, 2.45) is 0 Å². The van der Waals surface area contributed by atoms with E-state index in [4.69, 9.17) is 21.7 Å². The summed E-state index contributed by atoms with van der Waals surface area (Å²) in [6, 6.07) is 24.9. The van der Waals surface area contributed by atoms with E-state index in [-0.39, 0.29) is 24.2 Å². The van der Waals surface area contributed by atoms with Crippen LogP contribution in [0.15, 0.2) is 91.3 Å². The number of benzene rings is 2. The maximum atomic E-state index is 12.2. The fourth-order valence-corrected chi connectivity index (χ4v) is 5.01. The SMILES string of the molecule is COC(=O)c1cccc(-n2cccc2[C@H]2[C@H](c3ccccn3)NC(=S)N2c2ccc(OC(C)C)cc2)c1. The molecule has 5 rings (SSSR count). The van der Waals surface area contributed by atoms with E-state index >= 15 is 0 Å². The van der Waals surface area contributed by atoms with Gasteiger partial charge in [0.25, 0.3) is 0 Å². The summed E-state index contributed by atoms with van der Waals surface area (Å²) >= 11 is 5.87. The molecule has 0 radical (unpaired) electrons. The first kappa shape index (κ1) is 24.5. The zero-order chi connectivity index (χ0) is 25.9. The predicted octanol–water partition coefficient (Wildman–Crippen LogP) is 5.62. The lowest BCUT2D eigenvalue weighted by Crippen LogP contribution is -2.30. The van der Waals surface area contributed by atoms with Gasteiger partial charge in [-0.1, -0.05) is 12.1 Å². The van der Waals surface area contributed by atoms with Crippen molar-refractivity contribution in [3.63, 3.8) is 0 Å². The molecule has 37 heavy (non-hydrogen) atoms. The number of carbonyl (C=O) groups is 1. The van der Waals surface area contributed by atoms with Crippen LogP contribution in [0.2, 0.25) is 0 Å². The monoisotopic (exact) mass is 512 g/mol. The van der Waals surface area contributed by atoms with E-state index in [2.05, 4.69) is 25.8 Å². The number of thiocarbonyl (C=S) groups is 1. The first-order valence-electron chi connectivity index (χ1n) is 12.1. The number of aromatic nitrogens is 2. The first-order valence-corrected chi connectivity index (χ1v) is 12.5. The number of pyridine rings is 1. The molecule has 0 aliphatic carbocycles. The Morgan fingerprint density at radius 3 is 2.51 bits per heavy atom. The summed E-state index contributed by atoms with van der Waals surface area (Å²) in [5.41, 5.74) is 4.15. The molecule has 1 fully saturated rings. The van der Waals surface area contributed by atoms with Gasteiger partial charge in [-0.3, -0.25) is 4.98 Å². The smallest absolute Gasteiger partial charge is 0.337 e. The zero-order valence-corrected chi connectivity index (χ0v) is 21.7. The summed E-state index contributed by atoms with van der Waals surface area (Å²) in [7, 11) is 1.38. The maximum absolute atomic E-state index is 12.2. The minimum Gasteiger partial charge on any atom is -0.491 e. The van der Waals surface area contributed by atoms with E-state index in [9.17, 15) is 4.79 Å². The van der Waals surface area contributed by atoms with Crippen LogP contribution in [0.25, 0.3) is 5.69 Å². The number of carbonyl (C=O) groups excluding carboxylic acids is 1. The molecule has 0 unspecified atom stereocenters. The lowest BCUT2D eigenvalue weighted by molar-refractivity contribution is 0.0600. The highest BCUT2D eigenvalue weighted by Crippen LogP contribution is 2.42. The van der Waals surface area contributed by atoms with E-state index in [1.165, 1.54) is 7.11 Å². The highest BCUT2D eigenvalue weighted by molar-refractivity contribution is 7.80. The third-order valence-corrected chi connectivity index (χ3v) is 6.53. The van der Waals surface area contributed by atoms with Crippen LogP contribution in [0.5, 0.6) is 5.75 Å². The molecule has 8 heteroatoms. The van der Waals surface area contributed by atoms with E-state index in [1.54, 1.807) is 12.3 Å². The van der Waals surface area contributed by atoms with Crippen LogP contribution >= 0.6 is 12.2 Å². The molecule has 4 aromatic rings. The highest BCUT2D eigenvalue weighted by Gasteiger charge is 2.42. The van der Waals surface area contributed by atoms with Gasteiger partial charge in [-0.15, -0.1) is 0 Å².